The molecule has 2 aromatic carbocycles. The smallest absolute Gasteiger partial charge is 0.338 e. The first-order chi connectivity index (χ1) is 14.9. The molecule has 10 heteroatoms. The lowest BCUT2D eigenvalue weighted by Crippen LogP contribution is -2.40. The van der Waals surface area contributed by atoms with Crippen molar-refractivity contribution in [3.63, 3.8) is 0 Å². The number of nitrogens with one attached hydrogen (secondary N) is 1. The van der Waals surface area contributed by atoms with E-state index in [9.17, 15) is 18.0 Å². The Morgan fingerprint density at radius 1 is 1.19 bits per heavy atom. The summed E-state index contributed by atoms with van der Waals surface area (Å²) in [6.07, 6.45) is 0. The number of benzene rings is 2. The first-order valence-electron chi connectivity index (χ1n) is 9.70. The summed E-state index contributed by atoms with van der Waals surface area (Å²) in [7, 11) is -3.76. The fourth-order valence-corrected chi connectivity index (χ4v) is 5.01. The number of aromatic nitrogens is 2. The number of carbonyl (C=O) groups is 1. The van der Waals surface area contributed by atoms with Gasteiger partial charge in [0.15, 0.2) is 0 Å². The second-order valence-electron chi connectivity index (χ2n) is 7.10. The van der Waals surface area contributed by atoms with Crippen LogP contribution in [-0.4, -0.2) is 55.0 Å². The zero-order chi connectivity index (χ0) is 22.0. The molecule has 0 amide bonds. The molecule has 0 unspecified atom stereocenters. The number of hydrogen-bond acceptors (Lipinski definition) is 7. The van der Waals surface area contributed by atoms with Gasteiger partial charge in [0.1, 0.15) is 12.4 Å². The van der Waals surface area contributed by atoms with Crippen LogP contribution in [0.2, 0.25) is 0 Å². The van der Waals surface area contributed by atoms with Gasteiger partial charge in [0.2, 0.25) is 10.0 Å². The first-order valence-corrected chi connectivity index (χ1v) is 11.1. The molecule has 3 aromatic rings. The summed E-state index contributed by atoms with van der Waals surface area (Å²) in [5, 5.41) is 0.439. The van der Waals surface area contributed by atoms with E-state index in [0.717, 1.165) is 0 Å². The Morgan fingerprint density at radius 2 is 1.94 bits per heavy atom. The number of aromatic amines is 1. The molecular weight excluding hydrogens is 422 g/mol. The number of sulfonamides is 1. The molecule has 0 spiro atoms. The lowest BCUT2D eigenvalue weighted by Gasteiger charge is -2.26. The van der Waals surface area contributed by atoms with Crippen LogP contribution in [0, 0.1) is 6.92 Å². The van der Waals surface area contributed by atoms with Gasteiger partial charge in [0, 0.05) is 13.1 Å². The summed E-state index contributed by atoms with van der Waals surface area (Å²) >= 11 is 0. The van der Waals surface area contributed by atoms with E-state index in [1.165, 1.54) is 16.4 Å². The van der Waals surface area contributed by atoms with Gasteiger partial charge in [-0.1, -0.05) is 18.2 Å². The lowest BCUT2D eigenvalue weighted by molar-refractivity contribution is 0.0462. The van der Waals surface area contributed by atoms with E-state index in [1.807, 2.05) is 0 Å². The van der Waals surface area contributed by atoms with Crippen LogP contribution >= 0.6 is 0 Å². The van der Waals surface area contributed by atoms with E-state index >= 15 is 0 Å². The Bertz CT molecular complexity index is 1300. The van der Waals surface area contributed by atoms with Crippen LogP contribution in [0.5, 0.6) is 0 Å². The topological polar surface area (TPSA) is 119 Å². The molecule has 0 aliphatic carbocycles. The summed E-state index contributed by atoms with van der Waals surface area (Å²) < 4.78 is 37.8. The molecule has 9 nitrogen and oxygen atoms in total. The Kier molecular flexibility index (Phi) is 5.86. The molecule has 0 bridgehead atoms. The lowest BCUT2D eigenvalue weighted by atomic mass is 10.1. The third kappa shape index (κ3) is 4.36. The number of morpholine rings is 1. The fraction of sp³-hybridized carbons (Fsp3) is 0.286. The van der Waals surface area contributed by atoms with Crippen molar-refractivity contribution in [1.82, 2.24) is 14.3 Å². The van der Waals surface area contributed by atoms with E-state index in [2.05, 4.69) is 9.97 Å². The third-order valence-corrected chi connectivity index (χ3v) is 7.05. The number of fused-ring (bicyclic) bond motifs is 1. The van der Waals surface area contributed by atoms with Gasteiger partial charge in [-0.3, -0.25) is 4.79 Å². The highest BCUT2D eigenvalue weighted by atomic mass is 32.2. The van der Waals surface area contributed by atoms with Crippen LogP contribution in [-0.2, 0) is 26.1 Å². The summed E-state index contributed by atoms with van der Waals surface area (Å²) in [6.45, 7) is 2.60. The quantitative estimate of drug-likeness (QED) is 0.595. The normalized spacial score (nSPS) is 15.1. The molecule has 0 radical (unpaired) electrons. The summed E-state index contributed by atoms with van der Waals surface area (Å²) in [4.78, 5) is 31.6. The SMILES string of the molecule is Cc1ccc(C(=O)OCc2nc3ccccc3c(=O)[nH]2)cc1S(=O)(=O)N1CCOCC1. The van der Waals surface area contributed by atoms with Gasteiger partial charge in [-0.05, 0) is 36.8 Å². The number of para-hydroxylation sites is 1. The Labute approximate surface area is 178 Å². The van der Waals surface area contributed by atoms with Crippen molar-refractivity contribution in [3.05, 3.63) is 69.8 Å². The van der Waals surface area contributed by atoms with Crippen molar-refractivity contribution < 1.29 is 22.7 Å². The maximum Gasteiger partial charge on any atom is 0.338 e. The molecule has 31 heavy (non-hydrogen) atoms. The standard InChI is InChI=1S/C21H21N3O6S/c1-14-6-7-15(12-18(14)31(27,28)24-8-10-29-11-9-24)21(26)30-13-19-22-17-5-3-2-4-16(17)20(25)23-19/h2-7,12H,8-11,13H2,1H3,(H,22,23,25). The second-order valence-corrected chi connectivity index (χ2v) is 9.01. The van der Waals surface area contributed by atoms with Gasteiger partial charge < -0.3 is 14.5 Å². The zero-order valence-electron chi connectivity index (χ0n) is 16.8. The van der Waals surface area contributed by atoms with Crippen molar-refractivity contribution in [2.24, 2.45) is 0 Å². The number of rotatable bonds is 5. The summed E-state index contributed by atoms with van der Waals surface area (Å²) in [6, 6.07) is 11.2. The third-order valence-electron chi connectivity index (χ3n) is 5.01. The largest absolute Gasteiger partial charge is 0.454 e. The van der Waals surface area contributed by atoms with Gasteiger partial charge in [-0.2, -0.15) is 4.31 Å². The minimum absolute atomic E-state index is 0.0566. The number of ether oxygens (including phenoxy) is 2. The molecule has 0 atom stereocenters. The van der Waals surface area contributed by atoms with Crippen molar-refractivity contribution in [2.75, 3.05) is 26.3 Å². The molecule has 4 rings (SSSR count). The molecule has 162 valence electrons. The maximum atomic E-state index is 13.0. The number of nitrogens with zero attached hydrogens (tertiary/aromatic N) is 2. The minimum atomic E-state index is -3.76. The van der Waals surface area contributed by atoms with Crippen molar-refractivity contribution >= 4 is 26.9 Å². The Hall–Kier alpha value is -3.08. The van der Waals surface area contributed by atoms with Gasteiger partial charge in [-0.15, -0.1) is 0 Å². The number of hydrogen-bond donors (Lipinski definition) is 1. The predicted molar refractivity (Wildman–Crippen MR) is 112 cm³/mol. The maximum absolute atomic E-state index is 13.0. The molecule has 1 fully saturated rings. The van der Waals surface area contributed by atoms with Crippen molar-refractivity contribution in [1.29, 1.82) is 0 Å². The highest BCUT2D eigenvalue weighted by Crippen LogP contribution is 2.23. The Morgan fingerprint density at radius 3 is 2.71 bits per heavy atom. The summed E-state index contributed by atoms with van der Waals surface area (Å²) in [5.41, 5.74) is 0.793. The number of H-pyrrole nitrogens is 1. The van der Waals surface area contributed by atoms with Crippen LogP contribution in [0.4, 0.5) is 0 Å². The number of esters is 1. The van der Waals surface area contributed by atoms with Crippen molar-refractivity contribution in [2.45, 2.75) is 18.4 Å². The first kappa shape index (κ1) is 21.2. The molecule has 1 N–H and O–H groups in total. The van der Waals surface area contributed by atoms with Crippen molar-refractivity contribution in [3.8, 4) is 0 Å². The average molecular weight is 443 g/mol. The monoisotopic (exact) mass is 443 g/mol. The molecule has 0 saturated carbocycles. The van der Waals surface area contributed by atoms with E-state index in [4.69, 9.17) is 9.47 Å². The van der Waals surface area contributed by atoms with E-state index in [0.29, 0.717) is 29.7 Å². The molecule has 1 saturated heterocycles. The highest BCUT2D eigenvalue weighted by molar-refractivity contribution is 7.89. The zero-order valence-corrected chi connectivity index (χ0v) is 17.6. The van der Waals surface area contributed by atoms with Gasteiger partial charge >= 0.3 is 5.97 Å². The minimum Gasteiger partial charge on any atom is -0.454 e. The van der Waals surface area contributed by atoms with Gasteiger partial charge in [-0.25, -0.2) is 18.2 Å². The van der Waals surface area contributed by atoms with Crippen LogP contribution in [0.15, 0.2) is 52.2 Å². The summed E-state index contributed by atoms with van der Waals surface area (Å²) in [5.74, 6) is -0.514. The molecule has 1 aliphatic heterocycles. The number of aryl methyl sites for hydroxylation is 1. The predicted octanol–water partition coefficient (Wildman–Crippen LogP) is 1.61. The van der Waals surface area contributed by atoms with Gasteiger partial charge in [0.25, 0.3) is 5.56 Å². The van der Waals surface area contributed by atoms with E-state index in [-0.39, 0.29) is 41.5 Å². The van der Waals surface area contributed by atoms with Crippen LogP contribution in [0.1, 0.15) is 21.7 Å². The van der Waals surface area contributed by atoms with Crippen LogP contribution < -0.4 is 5.56 Å². The molecular formula is C21H21N3O6S. The van der Waals surface area contributed by atoms with E-state index in [1.54, 1.807) is 37.3 Å². The molecule has 2 heterocycles. The van der Waals surface area contributed by atoms with E-state index < -0.39 is 16.0 Å². The van der Waals surface area contributed by atoms with Crippen LogP contribution in [0.3, 0.4) is 0 Å². The molecule has 1 aliphatic rings. The second kappa shape index (κ2) is 8.58. The van der Waals surface area contributed by atoms with Gasteiger partial charge in [0.05, 0.1) is 34.6 Å². The highest BCUT2D eigenvalue weighted by Gasteiger charge is 2.28. The fourth-order valence-electron chi connectivity index (χ4n) is 3.35. The average Bonchev–Trinajstić information content (AvgIpc) is 2.78. The Balaban J connectivity index is 1.54. The molecule has 1 aromatic heterocycles. The van der Waals surface area contributed by atoms with Crippen LogP contribution in [0.25, 0.3) is 10.9 Å². The number of carbonyl (C=O) groups excluding carboxylic acids is 1.